The van der Waals surface area contributed by atoms with E-state index in [9.17, 15) is 26.7 Å². The van der Waals surface area contributed by atoms with Crippen LogP contribution in [-0.2, 0) is 23.0 Å². The van der Waals surface area contributed by atoms with E-state index in [4.69, 9.17) is 8.92 Å². The first kappa shape index (κ1) is 36.4. The summed E-state index contributed by atoms with van der Waals surface area (Å²) in [6, 6.07) is 42.6. The second-order valence-corrected chi connectivity index (χ2v) is 14.4. The molecule has 7 aromatic rings. The summed E-state index contributed by atoms with van der Waals surface area (Å²) >= 11 is 0. The maximum atomic E-state index is 13.6. The average molecular weight is 750 g/mol. The number of rotatable bonds is 12. The Morgan fingerprint density at radius 2 is 1.26 bits per heavy atom. The van der Waals surface area contributed by atoms with Crippen LogP contribution in [0, 0.1) is 0 Å². The summed E-state index contributed by atoms with van der Waals surface area (Å²) in [4.78, 5) is 0. The molecule has 8 nitrogen and oxygen atoms in total. The Hall–Kier alpha value is -5.98. The van der Waals surface area contributed by atoms with Crippen LogP contribution >= 0.6 is 0 Å². The van der Waals surface area contributed by atoms with E-state index in [0.717, 1.165) is 22.8 Å². The van der Waals surface area contributed by atoms with E-state index >= 15 is 0 Å². The van der Waals surface area contributed by atoms with Gasteiger partial charge in [0, 0.05) is 23.6 Å². The molecule has 0 aliphatic heterocycles. The lowest BCUT2D eigenvalue weighted by molar-refractivity contribution is -0.0499. The largest absolute Gasteiger partial charge is 0.534 e. The molecule has 1 heterocycles. The highest BCUT2D eigenvalue weighted by molar-refractivity contribution is 7.88. The number of ether oxygens (including phenoxy) is 1. The van der Waals surface area contributed by atoms with Crippen molar-refractivity contribution in [2.75, 3.05) is 12.4 Å². The first-order chi connectivity index (χ1) is 26.0. The van der Waals surface area contributed by atoms with Gasteiger partial charge in [0.2, 0.25) is 0 Å². The summed E-state index contributed by atoms with van der Waals surface area (Å²) in [5, 5.41) is 27.3. The lowest BCUT2D eigenvalue weighted by Crippen LogP contribution is -2.44. The molecular formula is C42H34F3N3O5S. The molecule has 0 unspecified atom stereocenters. The van der Waals surface area contributed by atoms with Crippen molar-refractivity contribution in [3.05, 3.63) is 162 Å². The Kier molecular flexibility index (Phi) is 9.97. The number of alkyl halides is 3. The molecule has 0 aliphatic carbocycles. The summed E-state index contributed by atoms with van der Waals surface area (Å²) in [5.74, 6) is 0.0680. The molecule has 0 aliphatic rings. The van der Waals surface area contributed by atoms with Crippen LogP contribution in [0.5, 0.6) is 11.5 Å². The van der Waals surface area contributed by atoms with E-state index in [1.54, 1.807) is 42.5 Å². The van der Waals surface area contributed by atoms with Gasteiger partial charge in [0.05, 0.1) is 24.3 Å². The van der Waals surface area contributed by atoms with Crippen LogP contribution in [0.25, 0.3) is 32.8 Å². The lowest BCUT2D eigenvalue weighted by atomic mass is 9.79. The Bertz CT molecular complexity index is 2480. The average Bonchev–Trinajstić information content (AvgIpc) is 3.17. The summed E-state index contributed by atoms with van der Waals surface area (Å²) in [6.07, 6.45) is 0.538. The van der Waals surface area contributed by atoms with Gasteiger partial charge in [-0.05, 0) is 45.7 Å². The van der Waals surface area contributed by atoms with Gasteiger partial charge in [0.25, 0.3) is 0 Å². The Labute approximate surface area is 310 Å². The monoisotopic (exact) mass is 749 g/mol. The molecule has 12 heteroatoms. The SMILES string of the molecule is COc1ccc2ccc(OS(=O)(=O)C(F)(F)F)c(-c3nnc(N[C@H](c4ccccc4)C(O)(Cc4ccccc4)Cc4ccccc4)c4ccccc34)c2c1. The molecule has 2 N–H and O–H groups in total. The lowest BCUT2D eigenvalue weighted by Gasteiger charge is -2.38. The quantitative estimate of drug-likeness (QED) is 0.0941. The zero-order valence-electron chi connectivity index (χ0n) is 28.9. The molecule has 6 aromatic carbocycles. The fraction of sp³-hybridized carbons (Fsp3) is 0.143. The van der Waals surface area contributed by atoms with Gasteiger partial charge in [-0.25, -0.2) is 0 Å². The van der Waals surface area contributed by atoms with Crippen LogP contribution in [0.3, 0.4) is 0 Å². The molecule has 0 radical (unpaired) electrons. The molecule has 1 aromatic heterocycles. The van der Waals surface area contributed by atoms with Crippen molar-refractivity contribution >= 4 is 37.5 Å². The van der Waals surface area contributed by atoms with E-state index in [-0.39, 0.29) is 29.9 Å². The van der Waals surface area contributed by atoms with Crippen LogP contribution < -0.4 is 14.2 Å². The summed E-state index contributed by atoms with van der Waals surface area (Å²) < 4.78 is 75.8. The van der Waals surface area contributed by atoms with Gasteiger partial charge in [0.15, 0.2) is 11.6 Å². The fourth-order valence-electron chi connectivity index (χ4n) is 6.76. The standard InChI is InChI=1S/C42H34F3N3O5S/c1-52-32-23-21-30-22-24-36(53-54(50,51)42(43,44)45)37(35(30)25-32)38-33-19-11-12-20-34(33)40(48-47-38)46-39(31-17-9-4-10-18-31)41(49,26-28-13-5-2-6-14-28)27-29-15-7-3-8-16-29/h2-25,39,49H,26-27H2,1H3,(H,46,48)/t39-/m1/s1. The summed E-state index contributed by atoms with van der Waals surface area (Å²) in [7, 11) is -4.63. The summed E-state index contributed by atoms with van der Waals surface area (Å²) in [5.41, 5.74) is -4.46. The second-order valence-electron chi connectivity index (χ2n) is 12.9. The van der Waals surface area contributed by atoms with E-state index in [0.29, 0.717) is 27.3 Å². The molecule has 0 fully saturated rings. The third-order valence-corrected chi connectivity index (χ3v) is 10.2. The summed E-state index contributed by atoms with van der Waals surface area (Å²) in [6.45, 7) is 0. The predicted octanol–water partition coefficient (Wildman–Crippen LogP) is 9.06. The van der Waals surface area contributed by atoms with Crippen molar-refractivity contribution in [2.45, 2.75) is 30.0 Å². The number of nitrogens with zero attached hydrogens (tertiary/aromatic N) is 2. The van der Waals surface area contributed by atoms with Gasteiger partial charge in [-0.3, -0.25) is 0 Å². The minimum absolute atomic E-state index is 0.0289. The Morgan fingerprint density at radius 3 is 1.85 bits per heavy atom. The minimum atomic E-state index is -6.06. The van der Waals surface area contributed by atoms with Crippen molar-refractivity contribution in [3.8, 4) is 22.8 Å². The first-order valence-electron chi connectivity index (χ1n) is 16.9. The molecule has 0 bridgehead atoms. The number of methoxy groups -OCH3 is 1. The van der Waals surface area contributed by atoms with E-state index in [1.807, 2.05) is 91.0 Å². The van der Waals surface area contributed by atoms with Crippen molar-refractivity contribution in [3.63, 3.8) is 0 Å². The highest BCUT2D eigenvalue weighted by Crippen LogP contribution is 2.44. The van der Waals surface area contributed by atoms with Gasteiger partial charge in [-0.15, -0.1) is 10.2 Å². The Balaban J connectivity index is 1.41. The van der Waals surface area contributed by atoms with Crippen molar-refractivity contribution in [2.24, 2.45) is 0 Å². The van der Waals surface area contributed by atoms with E-state index in [2.05, 4.69) is 15.5 Å². The molecule has 0 saturated heterocycles. The van der Waals surface area contributed by atoms with Gasteiger partial charge in [-0.1, -0.05) is 127 Å². The number of aliphatic hydroxyl groups is 1. The maximum Gasteiger partial charge on any atom is 0.534 e. The highest BCUT2D eigenvalue weighted by atomic mass is 32.2. The van der Waals surface area contributed by atoms with Crippen LogP contribution in [0.2, 0.25) is 0 Å². The topological polar surface area (TPSA) is 111 Å². The highest BCUT2D eigenvalue weighted by Gasteiger charge is 2.49. The number of nitrogens with one attached hydrogen (secondary N) is 1. The number of hydrogen-bond acceptors (Lipinski definition) is 8. The van der Waals surface area contributed by atoms with Gasteiger partial charge < -0.3 is 19.3 Å². The molecule has 274 valence electrons. The third kappa shape index (κ3) is 7.43. The second kappa shape index (κ2) is 14.8. The molecule has 1 atom stereocenters. The third-order valence-electron chi connectivity index (χ3n) is 9.25. The number of aromatic nitrogens is 2. The van der Waals surface area contributed by atoms with Gasteiger partial charge in [0.1, 0.15) is 11.4 Å². The van der Waals surface area contributed by atoms with Crippen molar-refractivity contribution < 1.29 is 35.6 Å². The number of hydrogen-bond donors (Lipinski definition) is 2. The number of halogens is 3. The van der Waals surface area contributed by atoms with Crippen LogP contribution in [0.4, 0.5) is 19.0 Å². The van der Waals surface area contributed by atoms with Crippen LogP contribution in [0.1, 0.15) is 22.7 Å². The van der Waals surface area contributed by atoms with E-state index < -0.39 is 33.0 Å². The minimum Gasteiger partial charge on any atom is -0.497 e. The molecular weight excluding hydrogens is 716 g/mol. The molecule has 54 heavy (non-hydrogen) atoms. The zero-order chi connectivity index (χ0) is 37.9. The predicted molar refractivity (Wildman–Crippen MR) is 203 cm³/mol. The molecule has 0 amide bonds. The number of anilines is 1. The van der Waals surface area contributed by atoms with Gasteiger partial charge >= 0.3 is 15.6 Å². The number of benzene rings is 6. The van der Waals surface area contributed by atoms with Crippen molar-refractivity contribution in [1.29, 1.82) is 0 Å². The smallest absolute Gasteiger partial charge is 0.497 e. The fourth-order valence-corrected chi connectivity index (χ4v) is 7.23. The molecule has 0 spiro atoms. The zero-order valence-corrected chi connectivity index (χ0v) is 29.7. The normalized spacial score (nSPS) is 12.8. The number of fused-ring (bicyclic) bond motifs is 2. The molecule has 7 rings (SSSR count). The van der Waals surface area contributed by atoms with E-state index in [1.165, 1.54) is 13.2 Å². The first-order valence-corrected chi connectivity index (χ1v) is 18.4. The van der Waals surface area contributed by atoms with Crippen LogP contribution in [-0.4, -0.2) is 41.9 Å². The van der Waals surface area contributed by atoms with Crippen molar-refractivity contribution in [1.82, 2.24) is 10.2 Å². The van der Waals surface area contributed by atoms with Crippen LogP contribution in [0.15, 0.2) is 146 Å². The van der Waals surface area contributed by atoms with Gasteiger partial charge in [-0.2, -0.15) is 21.6 Å². The maximum absolute atomic E-state index is 13.6. The Morgan fingerprint density at radius 1 is 0.704 bits per heavy atom. The molecule has 0 saturated carbocycles.